The predicted molar refractivity (Wildman–Crippen MR) is 76.8 cm³/mol. The molecule has 18 heavy (non-hydrogen) atoms. The molecule has 0 heterocycles. The molecule has 0 aromatic heterocycles. The lowest BCUT2D eigenvalue weighted by Gasteiger charge is -2.08. The first kappa shape index (κ1) is 13.0. The van der Waals surface area contributed by atoms with E-state index in [0.717, 1.165) is 12.3 Å². The summed E-state index contributed by atoms with van der Waals surface area (Å²) in [7, 11) is 0. The lowest BCUT2D eigenvalue weighted by molar-refractivity contribution is 0.630. The lowest BCUT2D eigenvalue weighted by atomic mass is 10.2. The van der Waals surface area contributed by atoms with Gasteiger partial charge in [0.15, 0.2) is 0 Å². The van der Waals surface area contributed by atoms with Gasteiger partial charge in [0.25, 0.3) is 0 Å². The van der Waals surface area contributed by atoms with Crippen molar-refractivity contribution in [2.75, 3.05) is 17.6 Å². The molecule has 0 fully saturated rings. The Labute approximate surface area is 111 Å². The van der Waals surface area contributed by atoms with Crippen LogP contribution in [0, 0.1) is 12.7 Å². The summed E-state index contributed by atoms with van der Waals surface area (Å²) in [6, 6.07) is 15.1. The predicted octanol–water partition coefficient (Wildman–Crippen LogP) is 4.34. The minimum atomic E-state index is -0.196. The average molecular weight is 261 g/mol. The van der Waals surface area contributed by atoms with E-state index in [1.807, 2.05) is 18.2 Å². The van der Waals surface area contributed by atoms with E-state index in [0.29, 0.717) is 5.69 Å². The van der Waals surface area contributed by atoms with E-state index < -0.39 is 0 Å². The highest BCUT2D eigenvalue weighted by molar-refractivity contribution is 7.99. The van der Waals surface area contributed by atoms with Crippen LogP contribution in [0.1, 0.15) is 5.56 Å². The zero-order chi connectivity index (χ0) is 12.8. The Hall–Kier alpha value is -1.48. The average Bonchev–Trinajstić information content (AvgIpc) is 2.38. The van der Waals surface area contributed by atoms with Crippen molar-refractivity contribution in [1.29, 1.82) is 0 Å². The van der Waals surface area contributed by atoms with Crippen LogP contribution in [0.15, 0.2) is 53.4 Å². The van der Waals surface area contributed by atoms with Crippen LogP contribution in [0.25, 0.3) is 0 Å². The smallest absolute Gasteiger partial charge is 0.146 e. The summed E-state index contributed by atoms with van der Waals surface area (Å²) in [4.78, 5) is 1.29. The van der Waals surface area contributed by atoms with E-state index in [9.17, 15) is 4.39 Å². The quantitative estimate of drug-likeness (QED) is 0.635. The highest BCUT2D eigenvalue weighted by atomic mass is 32.2. The first-order valence-electron chi connectivity index (χ1n) is 5.94. The zero-order valence-electron chi connectivity index (χ0n) is 10.3. The minimum absolute atomic E-state index is 0.196. The maximum atomic E-state index is 13.3. The van der Waals surface area contributed by atoms with Crippen molar-refractivity contribution in [2.45, 2.75) is 11.8 Å². The summed E-state index contributed by atoms with van der Waals surface area (Å²) in [5, 5.41) is 3.11. The van der Waals surface area contributed by atoms with Crippen LogP contribution >= 0.6 is 11.8 Å². The molecule has 94 valence electrons. The van der Waals surface area contributed by atoms with Gasteiger partial charge in [0.05, 0.1) is 5.69 Å². The van der Waals surface area contributed by atoms with Crippen molar-refractivity contribution in [1.82, 2.24) is 0 Å². The molecule has 0 atom stereocenters. The Kier molecular flexibility index (Phi) is 4.65. The maximum absolute atomic E-state index is 13.3. The topological polar surface area (TPSA) is 12.0 Å². The highest BCUT2D eigenvalue weighted by Crippen LogP contribution is 2.21. The van der Waals surface area contributed by atoms with Gasteiger partial charge < -0.3 is 5.32 Å². The molecule has 0 aliphatic carbocycles. The molecule has 0 saturated heterocycles. The van der Waals surface area contributed by atoms with Gasteiger partial charge in [-0.05, 0) is 30.7 Å². The van der Waals surface area contributed by atoms with Crippen LogP contribution in [-0.4, -0.2) is 12.3 Å². The first-order valence-corrected chi connectivity index (χ1v) is 6.93. The van der Waals surface area contributed by atoms with Gasteiger partial charge in [-0.3, -0.25) is 0 Å². The van der Waals surface area contributed by atoms with Crippen LogP contribution in [0.3, 0.4) is 0 Å². The number of rotatable bonds is 5. The van der Waals surface area contributed by atoms with Crippen molar-refractivity contribution >= 4 is 17.4 Å². The van der Waals surface area contributed by atoms with E-state index >= 15 is 0 Å². The van der Waals surface area contributed by atoms with Crippen molar-refractivity contribution < 1.29 is 4.39 Å². The van der Waals surface area contributed by atoms with Gasteiger partial charge in [-0.25, -0.2) is 4.39 Å². The van der Waals surface area contributed by atoms with E-state index in [2.05, 4.69) is 24.4 Å². The molecule has 1 N–H and O–H groups in total. The molecule has 2 aromatic rings. The molecule has 0 amide bonds. The Morgan fingerprint density at radius 3 is 2.56 bits per heavy atom. The fourth-order valence-corrected chi connectivity index (χ4v) is 2.56. The molecule has 0 aliphatic rings. The van der Waals surface area contributed by atoms with Gasteiger partial charge in [-0.1, -0.05) is 30.3 Å². The third-order valence-electron chi connectivity index (χ3n) is 2.64. The lowest BCUT2D eigenvalue weighted by Crippen LogP contribution is -2.05. The maximum Gasteiger partial charge on any atom is 0.146 e. The van der Waals surface area contributed by atoms with E-state index in [1.165, 1.54) is 16.5 Å². The summed E-state index contributed by atoms with van der Waals surface area (Å²) < 4.78 is 13.3. The molecule has 1 nitrogen and oxygen atoms in total. The Bertz CT molecular complexity index is 466. The fourth-order valence-electron chi connectivity index (χ4n) is 1.67. The standard InChI is InChI=1S/C15H16FNS/c1-12-6-2-5-9-15(12)18-11-10-17-14-8-4-3-7-13(14)16/h2-9,17H,10-11H2,1H3. The molecule has 0 radical (unpaired) electrons. The Morgan fingerprint density at radius 2 is 1.78 bits per heavy atom. The SMILES string of the molecule is Cc1ccccc1SCCNc1ccccc1F. The minimum Gasteiger partial charge on any atom is -0.382 e. The summed E-state index contributed by atoms with van der Waals surface area (Å²) in [5.74, 6) is 0.720. The van der Waals surface area contributed by atoms with Crippen molar-refractivity contribution in [2.24, 2.45) is 0 Å². The van der Waals surface area contributed by atoms with Crippen LogP contribution < -0.4 is 5.32 Å². The molecule has 0 bridgehead atoms. The molecule has 0 spiro atoms. The number of nitrogens with one attached hydrogen (secondary N) is 1. The van der Waals surface area contributed by atoms with E-state index in [4.69, 9.17) is 0 Å². The van der Waals surface area contributed by atoms with Gasteiger partial charge in [0, 0.05) is 17.2 Å². The van der Waals surface area contributed by atoms with Crippen molar-refractivity contribution in [3.05, 3.63) is 59.9 Å². The van der Waals surface area contributed by atoms with Gasteiger partial charge in [-0.15, -0.1) is 11.8 Å². The van der Waals surface area contributed by atoms with Gasteiger partial charge in [0.2, 0.25) is 0 Å². The van der Waals surface area contributed by atoms with E-state index in [1.54, 1.807) is 23.9 Å². The molecule has 0 aliphatic heterocycles. The largest absolute Gasteiger partial charge is 0.382 e. The second-order valence-electron chi connectivity index (χ2n) is 4.02. The summed E-state index contributed by atoms with van der Waals surface area (Å²) in [6.07, 6.45) is 0. The molecule has 2 aromatic carbocycles. The van der Waals surface area contributed by atoms with Gasteiger partial charge >= 0.3 is 0 Å². The van der Waals surface area contributed by atoms with Crippen molar-refractivity contribution in [3.63, 3.8) is 0 Å². The van der Waals surface area contributed by atoms with Crippen LogP contribution in [-0.2, 0) is 0 Å². The van der Waals surface area contributed by atoms with E-state index in [-0.39, 0.29) is 5.82 Å². The third kappa shape index (κ3) is 3.50. The second-order valence-corrected chi connectivity index (χ2v) is 5.16. The number of aryl methyl sites for hydroxylation is 1. The van der Waals surface area contributed by atoms with Crippen LogP contribution in [0.4, 0.5) is 10.1 Å². The Morgan fingerprint density at radius 1 is 1.06 bits per heavy atom. The molecular formula is C15H16FNS. The number of halogens is 1. The number of para-hydroxylation sites is 1. The molecule has 2 rings (SSSR count). The van der Waals surface area contributed by atoms with Crippen molar-refractivity contribution in [3.8, 4) is 0 Å². The number of hydrogen-bond acceptors (Lipinski definition) is 2. The number of hydrogen-bond donors (Lipinski definition) is 1. The normalized spacial score (nSPS) is 10.3. The number of anilines is 1. The van der Waals surface area contributed by atoms with Gasteiger partial charge in [-0.2, -0.15) is 0 Å². The third-order valence-corrected chi connectivity index (χ3v) is 3.82. The first-order chi connectivity index (χ1) is 8.77. The van der Waals surface area contributed by atoms with Gasteiger partial charge in [0.1, 0.15) is 5.82 Å². The monoisotopic (exact) mass is 261 g/mol. The molecule has 0 saturated carbocycles. The fraction of sp³-hybridized carbons (Fsp3) is 0.200. The molecule has 0 unspecified atom stereocenters. The van der Waals surface area contributed by atoms with Crippen LogP contribution in [0.2, 0.25) is 0 Å². The summed E-state index contributed by atoms with van der Waals surface area (Å²) in [5.41, 5.74) is 1.86. The molecule has 3 heteroatoms. The zero-order valence-corrected chi connectivity index (χ0v) is 11.1. The second kappa shape index (κ2) is 6.45. The highest BCUT2D eigenvalue weighted by Gasteiger charge is 2.00. The summed E-state index contributed by atoms with van der Waals surface area (Å²) in [6.45, 7) is 2.85. The summed E-state index contributed by atoms with van der Waals surface area (Å²) >= 11 is 1.79. The Balaban J connectivity index is 1.80. The number of benzene rings is 2. The number of thioether (sulfide) groups is 1. The molecular weight excluding hydrogens is 245 g/mol. The van der Waals surface area contributed by atoms with Crippen LogP contribution in [0.5, 0.6) is 0 Å².